The van der Waals surface area contributed by atoms with E-state index in [-0.39, 0.29) is 11.6 Å². The summed E-state index contributed by atoms with van der Waals surface area (Å²) in [6, 6.07) is 17.1. The molecule has 212 valence electrons. The van der Waals surface area contributed by atoms with Gasteiger partial charge in [-0.2, -0.15) is 0 Å². The van der Waals surface area contributed by atoms with Gasteiger partial charge in [-0.15, -0.1) is 5.10 Å². The first kappa shape index (κ1) is 27.8. The van der Waals surface area contributed by atoms with Crippen LogP contribution < -0.4 is 19.8 Å². The van der Waals surface area contributed by atoms with Gasteiger partial charge in [-0.05, 0) is 58.3 Å². The molecule has 0 aliphatic rings. The summed E-state index contributed by atoms with van der Waals surface area (Å²) in [6.07, 6.45) is 4.30. The zero-order valence-electron chi connectivity index (χ0n) is 23.6. The van der Waals surface area contributed by atoms with E-state index in [4.69, 9.17) is 14.2 Å². The zero-order valence-corrected chi connectivity index (χ0v) is 23.6. The van der Waals surface area contributed by atoms with E-state index in [2.05, 4.69) is 37.3 Å². The molecular formula is C30H33N7O4. The van der Waals surface area contributed by atoms with Crippen LogP contribution in [0.5, 0.6) is 17.2 Å². The second kappa shape index (κ2) is 12.6. The summed E-state index contributed by atoms with van der Waals surface area (Å²) < 4.78 is 18.0. The van der Waals surface area contributed by atoms with Crippen molar-refractivity contribution in [1.29, 1.82) is 0 Å². The maximum atomic E-state index is 13.3. The fourth-order valence-electron chi connectivity index (χ4n) is 4.99. The Morgan fingerprint density at radius 3 is 2.41 bits per heavy atom. The van der Waals surface area contributed by atoms with Crippen LogP contribution in [0.2, 0.25) is 0 Å². The van der Waals surface area contributed by atoms with Crippen LogP contribution in [0.15, 0.2) is 71.8 Å². The number of hydrogen-bond acceptors (Lipinski definition) is 9. The van der Waals surface area contributed by atoms with Crippen LogP contribution in [0.25, 0.3) is 10.9 Å². The molecule has 0 fully saturated rings. The van der Waals surface area contributed by atoms with E-state index in [1.807, 2.05) is 59.4 Å². The lowest BCUT2D eigenvalue weighted by Gasteiger charge is -2.30. The molecule has 11 nitrogen and oxygen atoms in total. The highest BCUT2D eigenvalue weighted by Gasteiger charge is 2.26. The minimum atomic E-state index is -0.177. The lowest BCUT2D eigenvalue weighted by atomic mass is 10.1. The van der Waals surface area contributed by atoms with E-state index in [0.29, 0.717) is 42.2 Å². The molecule has 0 aliphatic carbocycles. The minimum Gasteiger partial charge on any atom is -0.497 e. The summed E-state index contributed by atoms with van der Waals surface area (Å²) in [5.41, 5.74) is 3.17. The number of methoxy groups -OCH3 is 3. The summed E-state index contributed by atoms with van der Waals surface area (Å²) in [4.78, 5) is 22.8. The van der Waals surface area contributed by atoms with Crippen molar-refractivity contribution < 1.29 is 14.2 Å². The number of H-pyrrole nitrogens is 1. The first-order valence-electron chi connectivity index (χ1n) is 13.3. The number of rotatable bonds is 12. The maximum absolute atomic E-state index is 13.3. The minimum absolute atomic E-state index is 0.173. The Morgan fingerprint density at radius 1 is 0.951 bits per heavy atom. The van der Waals surface area contributed by atoms with Gasteiger partial charge in [-0.3, -0.25) is 14.7 Å². The van der Waals surface area contributed by atoms with Crippen LogP contribution in [0, 0.1) is 0 Å². The normalized spacial score (nSPS) is 12.0. The third-order valence-corrected chi connectivity index (χ3v) is 7.08. The topological polar surface area (TPSA) is 120 Å². The number of pyridine rings is 2. The van der Waals surface area contributed by atoms with Gasteiger partial charge in [0.25, 0.3) is 5.56 Å². The standard InChI is InChI=1S/C30H33N7O4/c1-5-26(29-33-34-35-37(29)18-20-8-10-24(39-2)11-9-20)36(17-21-7-6-12-31-16-21)19-23-13-22-14-27(40-3)28(41-4)15-25(22)32-30(23)38/h6-16,26H,5,17-19H2,1-4H3,(H,32,38)/t26-/m1/s1. The Morgan fingerprint density at radius 2 is 1.73 bits per heavy atom. The van der Waals surface area contributed by atoms with E-state index in [1.54, 1.807) is 33.6 Å². The molecule has 0 radical (unpaired) electrons. The van der Waals surface area contributed by atoms with Gasteiger partial charge in [0, 0.05) is 42.5 Å². The third-order valence-electron chi connectivity index (χ3n) is 7.08. The van der Waals surface area contributed by atoms with Crippen molar-refractivity contribution in [3.05, 3.63) is 99.9 Å². The molecule has 0 saturated carbocycles. The van der Waals surface area contributed by atoms with E-state index >= 15 is 0 Å². The largest absolute Gasteiger partial charge is 0.497 e. The highest BCUT2D eigenvalue weighted by molar-refractivity contribution is 5.83. The summed E-state index contributed by atoms with van der Waals surface area (Å²) in [5.74, 6) is 2.65. The van der Waals surface area contributed by atoms with Gasteiger partial charge < -0.3 is 19.2 Å². The van der Waals surface area contributed by atoms with Crippen molar-refractivity contribution in [2.75, 3.05) is 21.3 Å². The Bertz CT molecular complexity index is 1650. The number of nitrogens with one attached hydrogen (secondary N) is 1. The number of benzene rings is 2. The maximum Gasteiger partial charge on any atom is 0.252 e. The molecule has 0 bridgehead atoms. The lowest BCUT2D eigenvalue weighted by Crippen LogP contribution is -2.32. The molecule has 41 heavy (non-hydrogen) atoms. The predicted octanol–water partition coefficient (Wildman–Crippen LogP) is 4.14. The number of tetrazole rings is 1. The quantitative estimate of drug-likeness (QED) is 0.242. The second-order valence-electron chi connectivity index (χ2n) is 9.65. The lowest BCUT2D eigenvalue weighted by molar-refractivity contribution is 0.161. The van der Waals surface area contributed by atoms with E-state index in [9.17, 15) is 4.79 Å². The second-order valence-corrected chi connectivity index (χ2v) is 9.65. The smallest absolute Gasteiger partial charge is 0.252 e. The van der Waals surface area contributed by atoms with Crippen LogP contribution in [-0.4, -0.2) is 56.4 Å². The van der Waals surface area contributed by atoms with Gasteiger partial charge in [0.15, 0.2) is 17.3 Å². The fourth-order valence-corrected chi connectivity index (χ4v) is 4.99. The highest BCUT2D eigenvalue weighted by atomic mass is 16.5. The Labute approximate surface area is 237 Å². The first-order chi connectivity index (χ1) is 20.0. The molecule has 5 aromatic rings. The fraction of sp³-hybridized carbons (Fsp3) is 0.300. The average molecular weight is 556 g/mol. The van der Waals surface area contributed by atoms with Crippen molar-refractivity contribution in [1.82, 2.24) is 35.1 Å². The number of fused-ring (bicyclic) bond motifs is 1. The molecule has 0 saturated heterocycles. The van der Waals surface area contributed by atoms with Crippen molar-refractivity contribution in [3.63, 3.8) is 0 Å². The molecular weight excluding hydrogens is 522 g/mol. The first-order valence-corrected chi connectivity index (χ1v) is 13.3. The summed E-state index contributed by atoms with van der Waals surface area (Å²) in [7, 11) is 4.80. The van der Waals surface area contributed by atoms with Crippen LogP contribution in [0.1, 0.15) is 41.9 Å². The predicted molar refractivity (Wildman–Crippen MR) is 154 cm³/mol. The highest BCUT2D eigenvalue weighted by Crippen LogP contribution is 2.32. The van der Waals surface area contributed by atoms with Crippen LogP contribution in [0.4, 0.5) is 0 Å². The Hall–Kier alpha value is -4.77. The van der Waals surface area contributed by atoms with Gasteiger partial charge in [0.1, 0.15) is 5.75 Å². The molecule has 2 aromatic carbocycles. The van der Waals surface area contributed by atoms with Crippen LogP contribution >= 0.6 is 0 Å². The molecule has 0 aliphatic heterocycles. The van der Waals surface area contributed by atoms with Gasteiger partial charge in [0.05, 0.1) is 39.4 Å². The SMILES string of the molecule is CC[C@H](c1nnnn1Cc1ccc(OC)cc1)N(Cc1cccnc1)Cc1cc2cc(OC)c(OC)cc2[nH]c1=O. The third kappa shape index (κ3) is 6.20. The molecule has 1 atom stereocenters. The van der Waals surface area contributed by atoms with Gasteiger partial charge in [-0.25, -0.2) is 4.68 Å². The number of aromatic amines is 1. The molecule has 3 aromatic heterocycles. The molecule has 0 spiro atoms. The monoisotopic (exact) mass is 555 g/mol. The van der Waals surface area contributed by atoms with Crippen molar-refractivity contribution in [2.45, 2.75) is 39.0 Å². The summed E-state index contributed by atoms with van der Waals surface area (Å²) in [5, 5.41) is 13.6. The molecule has 11 heteroatoms. The molecule has 0 amide bonds. The van der Waals surface area contributed by atoms with Gasteiger partial charge >= 0.3 is 0 Å². The van der Waals surface area contributed by atoms with Crippen LogP contribution in [-0.2, 0) is 19.6 Å². The number of aromatic nitrogens is 6. The number of nitrogens with zero attached hydrogens (tertiary/aromatic N) is 6. The van der Waals surface area contributed by atoms with E-state index in [1.165, 1.54) is 0 Å². The summed E-state index contributed by atoms with van der Waals surface area (Å²) >= 11 is 0. The molecule has 0 unspecified atom stereocenters. The van der Waals surface area contributed by atoms with Crippen molar-refractivity contribution >= 4 is 10.9 Å². The number of ether oxygens (including phenoxy) is 3. The van der Waals surface area contributed by atoms with Gasteiger partial charge in [-0.1, -0.05) is 25.1 Å². The average Bonchev–Trinajstić information content (AvgIpc) is 3.45. The summed E-state index contributed by atoms with van der Waals surface area (Å²) in [6.45, 7) is 3.50. The van der Waals surface area contributed by atoms with E-state index < -0.39 is 0 Å². The van der Waals surface area contributed by atoms with Crippen LogP contribution in [0.3, 0.4) is 0 Å². The van der Waals surface area contributed by atoms with Crippen molar-refractivity contribution in [2.24, 2.45) is 0 Å². The molecule has 1 N–H and O–H groups in total. The van der Waals surface area contributed by atoms with E-state index in [0.717, 1.165) is 34.5 Å². The van der Waals surface area contributed by atoms with Crippen molar-refractivity contribution in [3.8, 4) is 17.2 Å². The molecule has 3 heterocycles. The number of hydrogen-bond donors (Lipinski definition) is 1. The Kier molecular flexibility index (Phi) is 8.54. The van der Waals surface area contributed by atoms with Gasteiger partial charge in [0.2, 0.25) is 0 Å². The Balaban J connectivity index is 1.51. The molecule has 5 rings (SSSR count). The zero-order chi connectivity index (χ0) is 28.8.